The van der Waals surface area contributed by atoms with Crippen LogP contribution in [0.3, 0.4) is 0 Å². The smallest absolute Gasteiger partial charge is 0.361 e. The van der Waals surface area contributed by atoms with Crippen molar-refractivity contribution < 1.29 is 14.3 Å². The number of carbonyl (C=O) groups is 1. The van der Waals surface area contributed by atoms with Gasteiger partial charge in [-0.25, -0.2) is 9.78 Å². The van der Waals surface area contributed by atoms with Crippen molar-refractivity contribution in [2.45, 2.75) is 52.6 Å². The molecule has 0 bridgehead atoms. The number of H-pyrrole nitrogens is 1. The summed E-state index contributed by atoms with van der Waals surface area (Å²) in [7, 11) is 0. The third kappa shape index (κ3) is 6.04. The minimum atomic E-state index is -0.712. The standard InChI is InChI=1S/C24H28N2O4S/c1-5-6-12-29-21-20(23(28)30-24(2,3)4)25-19(26-22(21)27)13-17-14-31-15-18(17)16-10-8-7-9-11-16/h7-11,14-15H,5-6,12-13H2,1-4H3,(H,25,26,27). The molecule has 0 radical (unpaired) electrons. The lowest BCUT2D eigenvalue weighted by Gasteiger charge is -2.20. The van der Waals surface area contributed by atoms with Crippen LogP contribution in [0, 0.1) is 0 Å². The number of hydrogen-bond donors (Lipinski definition) is 1. The van der Waals surface area contributed by atoms with E-state index in [1.807, 2.05) is 42.6 Å². The molecule has 1 N–H and O–H groups in total. The maximum atomic E-state index is 12.8. The van der Waals surface area contributed by atoms with E-state index in [-0.39, 0.29) is 11.4 Å². The van der Waals surface area contributed by atoms with Crippen molar-refractivity contribution in [2.24, 2.45) is 0 Å². The van der Waals surface area contributed by atoms with E-state index in [4.69, 9.17) is 9.47 Å². The minimum absolute atomic E-state index is 0.0822. The number of thiophene rings is 1. The molecule has 164 valence electrons. The van der Waals surface area contributed by atoms with Gasteiger partial charge in [0.1, 0.15) is 11.4 Å². The van der Waals surface area contributed by atoms with Gasteiger partial charge in [0.05, 0.1) is 6.61 Å². The van der Waals surface area contributed by atoms with Gasteiger partial charge >= 0.3 is 5.97 Å². The molecule has 6 nitrogen and oxygen atoms in total. The Bertz CT molecular complexity index is 1080. The van der Waals surface area contributed by atoms with Crippen LogP contribution in [0.5, 0.6) is 5.75 Å². The molecule has 0 spiro atoms. The second-order valence-electron chi connectivity index (χ2n) is 8.25. The van der Waals surface area contributed by atoms with Gasteiger partial charge in [-0.15, -0.1) is 0 Å². The number of rotatable bonds is 8. The van der Waals surface area contributed by atoms with Gasteiger partial charge in [-0.05, 0) is 54.6 Å². The molecule has 2 aromatic heterocycles. The second kappa shape index (κ2) is 9.92. The summed E-state index contributed by atoms with van der Waals surface area (Å²) in [6, 6.07) is 10.0. The molecule has 0 amide bonds. The average Bonchev–Trinajstić information content (AvgIpc) is 3.17. The molecule has 0 aliphatic heterocycles. The van der Waals surface area contributed by atoms with Crippen LogP contribution in [0.1, 0.15) is 62.4 Å². The van der Waals surface area contributed by atoms with Gasteiger partial charge in [0.2, 0.25) is 5.75 Å². The lowest BCUT2D eigenvalue weighted by atomic mass is 10.0. The molecule has 1 aromatic carbocycles. The van der Waals surface area contributed by atoms with Crippen molar-refractivity contribution in [2.75, 3.05) is 6.61 Å². The van der Waals surface area contributed by atoms with Crippen LogP contribution >= 0.6 is 11.3 Å². The van der Waals surface area contributed by atoms with Crippen molar-refractivity contribution in [1.82, 2.24) is 9.97 Å². The van der Waals surface area contributed by atoms with Crippen LogP contribution in [0.25, 0.3) is 11.1 Å². The number of nitrogens with zero attached hydrogens (tertiary/aromatic N) is 1. The highest BCUT2D eigenvalue weighted by atomic mass is 32.1. The summed E-state index contributed by atoms with van der Waals surface area (Å²) in [6.45, 7) is 7.67. The number of hydrogen-bond acceptors (Lipinski definition) is 6. The van der Waals surface area contributed by atoms with E-state index in [0.29, 0.717) is 18.9 Å². The second-order valence-corrected chi connectivity index (χ2v) is 8.99. The first-order valence-electron chi connectivity index (χ1n) is 10.4. The number of carbonyl (C=O) groups excluding carboxylic acids is 1. The minimum Gasteiger partial charge on any atom is -0.486 e. The zero-order valence-electron chi connectivity index (χ0n) is 18.4. The largest absolute Gasteiger partial charge is 0.486 e. The van der Waals surface area contributed by atoms with Crippen molar-refractivity contribution in [3.63, 3.8) is 0 Å². The number of ether oxygens (including phenoxy) is 2. The molecule has 7 heteroatoms. The summed E-state index contributed by atoms with van der Waals surface area (Å²) in [4.78, 5) is 32.8. The monoisotopic (exact) mass is 440 g/mol. The van der Waals surface area contributed by atoms with Crippen molar-refractivity contribution >= 4 is 17.3 Å². The first kappa shape index (κ1) is 22.7. The van der Waals surface area contributed by atoms with Gasteiger partial charge in [-0.1, -0.05) is 43.7 Å². The Hall–Kier alpha value is -2.93. The highest BCUT2D eigenvalue weighted by Gasteiger charge is 2.26. The molecule has 0 aliphatic carbocycles. The number of unbranched alkanes of at least 4 members (excludes halogenated alkanes) is 1. The molecule has 0 unspecified atom stereocenters. The molecule has 3 rings (SSSR count). The lowest BCUT2D eigenvalue weighted by Crippen LogP contribution is -2.28. The molecular formula is C24H28N2O4S. The third-order valence-electron chi connectivity index (χ3n) is 4.45. The fourth-order valence-electron chi connectivity index (χ4n) is 3.02. The van der Waals surface area contributed by atoms with Crippen LogP contribution in [0.15, 0.2) is 45.9 Å². The van der Waals surface area contributed by atoms with Crippen LogP contribution in [-0.2, 0) is 11.2 Å². The zero-order chi connectivity index (χ0) is 22.4. The number of aromatic amines is 1. The van der Waals surface area contributed by atoms with E-state index in [2.05, 4.69) is 15.3 Å². The van der Waals surface area contributed by atoms with Crippen LogP contribution in [-0.4, -0.2) is 28.1 Å². The lowest BCUT2D eigenvalue weighted by molar-refractivity contribution is 0.00576. The van der Waals surface area contributed by atoms with Crippen LogP contribution < -0.4 is 10.3 Å². The Morgan fingerprint density at radius 3 is 2.58 bits per heavy atom. The summed E-state index contributed by atoms with van der Waals surface area (Å²) < 4.78 is 11.1. The highest BCUT2D eigenvalue weighted by Crippen LogP contribution is 2.29. The van der Waals surface area contributed by atoms with E-state index < -0.39 is 17.1 Å². The van der Waals surface area contributed by atoms with Gasteiger partial charge in [0, 0.05) is 6.42 Å². The molecule has 0 saturated carbocycles. The summed E-state index contributed by atoms with van der Waals surface area (Å²) in [6.07, 6.45) is 2.06. The molecule has 31 heavy (non-hydrogen) atoms. The van der Waals surface area contributed by atoms with E-state index in [9.17, 15) is 9.59 Å². The van der Waals surface area contributed by atoms with E-state index in [1.165, 1.54) is 0 Å². The van der Waals surface area contributed by atoms with Crippen LogP contribution in [0.4, 0.5) is 0 Å². The van der Waals surface area contributed by atoms with Gasteiger partial charge in [-0.3, -0.25) is 4.79 Å². The van der Waals surface area contributed by atoms with E-state index in [0.717, 1.165) is 29.5 Å². The Morgan fingerprint density at radius 2 is 1.90 bits per heavy atom. The first-order chi connectivity index (χ1) is 14.8. The number of aromatic nitrogens is 2. The topological polar surface area (TPSA) is 81.3 Å². The van der Waals surface area contributed by atoms with Gasteiger partial charge in [0.15, 0.2) is 5.69 Å². The van der Waals surface area contributed by atoms with Gasteiger partial charge in [-0.2, -0.15) is 11.3 Å². The Morgan fingerprint density at radius 1 is 1.16 bits per heavy atom. The van der Waals surface area contributed by atoms with E-state index >= 15 is 0 Å². The quantitative estimate of drug-likeness (QED) is 0.383. The molecule has 0 aliphatic rings. The Balaban J connectivity index is 1.96. The van der Waals surface area contributed by atoms with Crippen molar-refractivity contribution in [1.29, 1.82) is 0 Å². The summed E-state index contributed by atoms with van der Waals surface area (Å²) in [5, 5.41) is 4.10. The third-order valence-corrected chi connectivity index (χ3v) is 5.24. The van der Waals surface area contributed by atoms with Crippen LogP contribution in [0.2, 0.25) is 0 Å². The molecule has 0 fully saturated rings. The SMILES string of the molecule is CCCCOc1c(C(=O)OC(C)(C)C)nc(Cc2cscc2-c2ccccc2)[nH]c1=O. The number of benzene rings is 1. The number of esters is 1. The fourth-order valence-corrected chi connectivity index (χ4v) is 3.89. The van der Waals surface area contributed by atoms with Gasteiger partial charge < -0.3 is 14.5 Å². The summed E-state index contributed by atoms with van der Waals surface area (Å²) >= 11 is 1.58. The fraction of sp³-hybridized carbons (Fsp3) is 0.375. The molecule has 2 heterocycles. The average molecular weight is 441 g/mol. The normalized spacial score (nSPS) is 11.4. The molecule has 0 saturated heterocycles. The first-order valence-corrected chi connectivity index (χ1v) is 11.3. The maximum absolute atomic E-state index is 12.8. The van der Waals surface area contributed by atoms with E-state index in [1.54, 1.807) is 32.1 Å². The maximum Gasteiger partial charge on any atom is 0.361 e. The van der Waals surface area contributed by atoms with Crippen molar-refractivity contribution in [3.8, 4) is 16.9 Å². The molecule has 0 atom stereocenters. The van der Waals surface area contributed by atoms with Gasteiger partial charge in [0.25, 0.3) is 5.56 Å². The van der Waals surface area contributed by atoms with Crippen molar-refractivity contribution in [3.05, 3.63) is 68.5 Å². The Labute approximate surface area is 186 Å². The zero-order valence-corrected chi connectivity index (χ0v) is 19.2. The molecule has 3 aromatic rings. The summed E-state index contributed by atoms with van der Waals surface area (Å²) in [5.74, 6) is -0.357. The molecular weight excluding hydrogens is 412 g/mol. The predicted octanol–water partition coefficient (Wildman–Crippen LogP) is 5.22. The highest BCUT2D eigenvalue weighted by molar-refractivity contribution is 7.08. The Kier molecular flexibility index (Phi) is 7.28. The predicted molar refractivity (Wildman–Crippen MR) is 123 cm³/mol. The summed E-state index contributed by atoms with van der Waals surface area (Å²) in [5.41, 5.74) is 1.92. The number of nitrogens with one attached hydrogen (secondary N) is 1.